The number of amides is 3. The highest BCUT2D eigenvalue weighted by Gasteiger charge is 2.33. The molecule has 0 radical (unpaired) electrons. The Morgan fingerprint density at radius 1 is 1.30 bits per heavy atom. The quantitative estimate of drug-likeness (QED) is 0.664. The van der Waals surface area contributed by atoms with E-state index in [2.05, 4.69) is 15.3 Å². The fourth-order valence-corrected chi connectivity index (χ4v) is 4.53. The maximum atomic E-state index is 14.1. The number of hydrogen-bond acceptors (Lipinski definition) is 5. The zero-order valence-electron chi connectivity index (χ0n) is 16.3. The van der Waals surface area contributed by atoms with Crippen LogP contribution in [0.3, 0.4) is 0 Å². The summed E-state index contributed by atoms with van der Waals surface area (Å²) in [5.41, 5.74) is 7.89. The summed E-state index contributed by atoms with van der Waals surface area (Å²) in [6, 6.07) is 9.11. The van der Waals surface area contributed by atoms with Gasteiger partial charge in [-0.15, -0.1) is 0 Å². The van der Waals surface area contributed by atoms with Crippen LogP contribution in [0, 0.1) is 12.7 Å². The standard InChI is InChI=1S/C21H20FN5O2S/c1-12-18(13-8-9-24-16(11-13)14-5-2-3-6-15(14)22)30-20(25-12)26-21(29)27-10-4-7-17(27)19(23)28/h2-3,5-6,8-9,11,17H,4,7,10H2,1H3,(H2,23,28)(H,25,26,29)/t17-/m0/s1. The highest BCUT2D eigenvalue weighted by Crippen LogP contribution is 2.35. The largest absolute Gasteiger partial charge is 0.368 e. The molecular weight excluding hydrogens is 405 g/mol. The summed E-state index contributed by atoms with van der Waals surface area (Å²) < 4.78 is 14.1. The number of rotatable bonds is 4. The van der Waals surface area contributed by atoms with Crippen molar-refractivity contribution in [2.75, 3.05) is 11.9 Å². The molecule has 3 N–H and O–H groups in total. The third-order valence-electron chi connectivity index (χ3n) is 5.02. The molecule has 7 nitrogen and oxygen atoms in total. The number of likely N-dealkylation sites (tertiary alicyclic amines) is 1. The van der Waals surface area contributed by atoms with E-state index < -0.39 is 18.0 Å². The molecule has 1 atom stereocenters. The topological polar surface area (TPSA) is 101 Å². The molecule has 1 aliphatic rings. The molecule has 0 spiro atoms. The maximum absolute atomic E-state index is 14.1. The molecule has 2 aromatic heterocycles. The molecule has 0 aliphatic carbocycles. The molecule has 0 bridgehead atoms. The van der Waals surface area contributed by atoms with Crippen molar-refractivity contribution in [1.29, 1.82) is 0 Å². The summed E-state index contributed by atoms with van der Waals surface area (Å²) in [6.45, 7) is 2.32. The molecule has 1 aromatic carbocycles. The number of halogens is 1. The molecule has 1 aliphatic heterocycles. The number of anilines is 1. The number of nitrogens with one attached hydrogen (secondary N) is 1. The number of carbonyl (C=O) groups is 2. The first kappa shape index (κ1) is 20.0. The van der Waals surface area contributed by atoms with Crippen molar-refractivity contribution in [2.45, 2.75) is 25.8 Å². The third-order valence-corrected chi connectivity index (χ3v) is 6.15. The molecular formula is C21H20FN5O2S. The second-order valence-corrected chi connectivity index (χ2v) is 8.03. The number of carbonyl (C=O) groups excluding carboxylic acids is 2. The Morgan fingerprint density at radius 3 is 2.87 bits per heavy atom. The van der Waals surface area contributed by atoms with Gasteiger partial charge in [0.2, 0.25) is 5.91 Å². The van der Waals surface area contributed by atoms with Gasteiger partial charge in [-0.1, -0.05) is 23.5 Å². The zero-order valence-corrected chi connectivity index (χ0v) is 17.1. The lowest BCUT2D eigenvalue weighted by molar-refractivity contribution is -0.121. The summed E-state index contributed by atoms with van der Waals surface area (Å²) in [5.74, 6) is -0.845. The highest BCUT2D eigenvalue weighted by molar-refractivity contribution is 7.19. The molecule has 3 heterocycles. The van der Waals surface area contributed by atoms with Crippen LogP contribution >= 0.6 is 11.3 Å². The Kier molecular flexibility index (Phi) is 5.45. The molecule has 3 aromatic rings. The van der Waals surface area contributed by atoms with Crippen molar-refractivity contribution in [2.24, 2.45) is 5.73 Å². The minimum Gasteiger partial charge on any atom is -0.368 e. The van der Waals surface area contributed by atoms with Gasteiger partial charge >= 0.3 is 6.03 Å². The van der Waals surface area contributed by atoms with Crippen molar-refractivity contribution < 1.29 is 14.0 Å². The van der Waals surface area contributed by atoms with E-state index >= 15 is 0 Å². The molecule has 154 valence electrons. The van der Waals surface area contributed by atoms with Gasteiger partial charge in [0.05, 0.1) is 16.3 Å². The number of hydrogen-bond donors (Lipinski definition) is 2. The van der Waals surface area contributed by atoms with Crippen molar-refractivity contribution in [3.05, 3.63) is 54.1 Å². The maximum Gasteiger partial charge on any atom is 0.324 e. The van der Waals surface area contributed by atoms with Gasteiger partial charge in [0.1, 0.15) is 11.9 Å². The summed E-state index contributed by atoms with van der Waals surface area (Å²) in [5, 5.41) is 3.19. The molecule has 9 heteroatoms. The highest BCUT2D eigenvalue weighted by atomic mass is 32.1. The predicted molar refractivity (Wildman–Crippen MR) is 113 cm³/mol. The van der Waals surface area contributed by atoms with Gasteiger partial charge in [0.15, 0.2) is 5.13 Å². The Labute approximate surface area is 176 Å². The molecule has 3 amide bonds. The average molecular weight is 425 g/mol. The van der Waals surface area contributed by atoms with Crippen LogP contribution in [0.4, 0.5) is 14.3 Å². The number of urea groups is 1. The first-order valence-corrected chi connectivity index (χ1v) is 10.3. The van der Waals surface area contributed by atoms with Gasteiger partial charge in [-0.2, -0.15) is 0 Å². The van der Waals surface area contributed by atoms with E-state index in [1.807, 2.05) is 13.0 Å². The molecule has 1 fully saturated rings. The van der Waals surface area contributed by atoms with Crippen LogP contribution in [0.25, 0.3) is 21.7 Å². The number of pyridine rings is 1. The summed E-state index contributed by atoms with van der Waals surface area (Å²) in [6.07, 6.45) is 2.93. The van der Waals surface area contributed by atoms with Crippen LogP contribution in [0.15, 0.2) is 42.6 Å². The van der Waals surface area contributed by atoms with E-state index in [0.717, 1.165) is 22.6 Å². The van der Waals surface area contributed by atoms with Crippen LogP contribution in [0.2, 0.25) is 0 Å². The van der Waals surface area contributed by atoms with Crippen LogP contribution in [0.1, 0.15) is 18.5 Å². The van der Waals surface area contributed by atoms with Gasteiger partial charge in [-0.3, -0.25) is 15.1 Å². The van der Waals surface area contributed by atoms with Gasteiger partial charge < -0.3 is 10.6 Å². The molecule has 30 heavy (non-hydrogen) atoms. The minimum atomic E-state index is -0.589. The number of aromatic nitrogens is 2. The van der Waals surface area contributed by atoms with Crippen molar-refractivity contribution >= 4 is 28.4 Å². The van der Waals surface area contributed by atoms with Crippen molar-refractivity contribution in [3.8, 4) is 21.7 Å². The van der Waals surface area contributed by atoms with Crippen LogP contribution < -0.4 is 11.1 Å². The van der Waals surface area contributed by atoms with E-state index in [1.165, 1.54) is 22.3 Å². The smallest absolute Gasteiger partial charge is 0.324 e. The van der Waals surface area contributed by atoms with E-state index in [-0.39, 0.29) is 5.82 Å². The second-order valence-electron chi connectivity index (χ2n) is 7.03. The van der Waals surface area contributed by atoms with E-state index in [0.29, 0.717) is 29.4 Å². The molecule has 0 saturated carbocycles. The lowest BCUT2D eigenvalue weighted by atomic mass is 10.1. The molecule has 1 saturated heterocycles. The lowest BCUT2D eigenvalue weighted by Crippen LogP contribution is -2.45. The SMILES string of the molecule is Cc1nc(NC(=O)N2CCC[C@H]2C(N)=O)sc1-c1ccnc(-c2ccccc2F)c1. The van der Waals surface area contributed by atoms with Gasteiger partial charge in [-0.25, -0.2) is 14.2 Å². The summed E-state index contributed by atoms with van der Waals surface area (Å²) >= 11 is 1.31. The van der Waals surface area contributed by atoms with Crippen LogP contribution in [-0.4, -0.2) is 39.4 Å². The van der Waals surface area contributed by atoms with Crippen LogP contribution in [-0.2, 0) is 4.79 Å². The first-order chi connectivity index (χ1) is 14.4. The Bertz CT molecular complexity index is 1120. The van der Waals surface area contributed by atoms with Crippen molar-refractivity contribution in [1.82, 2.24) is 14.9 Å². The van der Waals surface area contributed by atoms with Crippen LogP contribution in [0.5, 0.6) is 0 Å². The Morgan fingerprint density at radius 2 is 2.10 bits per heavy atom. The predicted octanol–water partition coefficient (Wildman–Crippen LogP) is 3.80. The average Bonchev–Trinajstić information content (AvgIpc) is 3.35. The monoisotopic (exact) mass is 425 g/mol. The van der Waals surface area contributed by atoms with Gasteiger partial charge in [0.25, 0.3) is 0 Å². The second kappa shape index (κ2) is 8.19. The van der Waals surface area contributed by atoms with Gasteiger partial charge in [0, 0.05) is 18.3 Å². The number of nitrogens with zero attached hydrogens (tertiary/aromatic N) is 3. The fourth-order valence-electron chi connectivity index (χ4n) is 3.57. The third kappa shape index (κ3) is 3.88. The number of thiazole rings is 1. The number of nitrogens with two attached hydrogens (primary N) is 1. The van der Waals surface area contributed by atoms with E-state index in [4.69, 9.17) is 5.73 Å². The molecule has 4 rings (SSSR count). The molecule has 0 unspecified atom stereocenters. The lowest BCUT2D eigenvalue weighted by Gasteiger charge is -2.21. The Balaban J connectivity index is 1.58. The van der Waals surface area contributed by atoms with E-state index in [1.54, 1.807) is 30.5 Å². The number of aryl methyl sites for hydroxylation is 1. The summed E-state index contributed by atoms with van der Waals surface area (Å²) in [4.78, 5) is 35.1. The van der Waals surface area contributed by atoms with Gasteiger partial charge in [-0.05, 0) is 49.6 Å². The fraction of sp³-hybridized carbons (Fsp3) is 0.238. The van der Waals surface area contributed by atoms with Crippen molar-refractivity contribution in [3.63, 3.8) is 0 Å². The normalized spacial score (nSPS) is 15.9. The first-order valence-electron chi connectivity index (χ1n) is 9.49. The zero-order chi connectivity index (χ0) is 21.3. The number of primary amides is 1. The Hall–Kier alpha value is -3.33. The van der Waals surface area contributed by atoms with E-state index in [9.17, 15) is 14.0 Å². The number of benzene rings is 1. The summed E-state index contributed by atoms with van der Waals surface area (Å²) in [7, 11) is 0. The minimum absolute atomic E-state index is 0.342.